The van der Waals surface area contributed by atoms with Crippen LogP contribution in [0.1, 0.15) is 25.3 Å². The largest absolute Gasteiger partial charge is 0.494 e. The Hall–Kier alpha value is -2.77. The Bertz CT molecular complexity index is 1140. The topological polar surface area (TPSA) is 56.5 Å². The summed E-state index contributed by atoms with van der Waals surface area (Å²) in [6, 6.07) is 11.7. The van der Waals surface area contributed by atoms with Crippen molar-refractivity contribution in [3.63, 3.8) is 0 Å². The van der Waals surface area contributed by atoms with Gasteiger partial charge in [0.2, 0.25) is 0 Å². The number of fused-ring (bicyclic) bond motifs is 1. The lowest BCUT2D eigenvalue weighted by Crippen LogP contribution is -2.16. The average molecular weight is 410 g/mol. The minimum atomic E-state index is -0.162. The van der Waals surface area contributed by atoms with E-state index in [2.05, 4.69) is 17.0 Å². The van der Waals surface area contributed by atoms with Gasteiger partial charge in [0.05, 0.1) is 18.2 Å². The zero-order valence-corrected chi connectivity index (χ0v) is 17.0. The van der Waals surface area contributed by atoms with Crippen LogP contribution in [-0.4, -0.2) is 22.5 Å². The van der Waals surface area contributed by atoms with Crippen molar-refractivity contribution in [1.29, 1.82) is 0 Å². The molecule has 1 aromatic carbocycles. The Morgan fingerprint density at radius 2 is 2.07 bits per heavy atom. The summed E-state index contributed by atoms with van der Waals surface area (Å²) in [6.07, 6.45) is 5.27. The molecule has 142 valence electrons. The molecule has 4 rings (SSSR count). The molecule has 0 radical (unpaired) electrons. The van der Waals surface area contributed by atoms with Crippen LogP contribution in [0.25, 0.3) is 20.7 Å². The molecule has 0 aliphatic rings. The third kappa shape index (κ3) is 3.90. The summed E-state index contributed by atoms with van der Waals surface area (Å²) >= 11 is 3.08. The SMILES string of the molecule is CCCCOc1ccc(/C=N\n2cnc3scc(-c4cccs4)c3c2=O)cc1. The van der Waals surface area contributed by atoms with Crippen molar-refractivity contribution < 1.29 is 4.74 Å². The Balaban J connectivity index is 1.59. The van der Waals surface area contributed by atoms with Crippen LogP contribution in [0.3, 0.4) is 0 Å². The highest BCUT2D eigenvalue weighted by atomic mass is 32.1. The van der Waals surface area contributed by atoms with Crippen molar-refractivity contribution in [3.05, 3.63) is 69.4 Å². The quantitative estimate of drug-likeness (QED) is 0.309. The second-order valence-electron chi connectivity index (χ2n) is 6.22. The van der Waals surface area contributed by atoms with E-state index in [4.69, 9.17) is 4.74 Å². The van der Waals surface area contributed by atoms with Crippen molar-refractivity contribution >= 4 is 39.1 Å². The first-order chi connectivity index (χ1) is 13.8. The highest BCUT2D eigenvalue weighted by molar-refractivity contribution is 7.18. The fourth-order valence-electron chi connectivity index (χ4n) is 2.73. The van der Waals surface area contributed by atoms with Crippen molar-refractivity contribution in [2.24, 2.45) is 5.10 Å². The Labute approximate surface area is 170 Å². The molecule has 0 aliphatic carbocycles. The lowest BCUT2D eigenvalue weighted by molar-refractivity contribution is 0.309. The lowest BCUT2D eigenvalue weighted by Gasteiger charge is -2.05. The normalized spacial score (nSPS) is 11.5. The third-order valence-corrected chi connectivity index (χ3v) is 6.03. The van der Waals surface area contributed by atoms with Crippen LogP contribution >= 0.6 is 22.7 Å². The van der Waals surface area contributed by atoms with E-state index in [0.717, 1.165) is 46.0 Å². The van der Waals surface area contributed by atoms with E-state index >= 15 is 0 Å². The molecule has 0 aliphatic heterocycles. The van der Waals surface area contributed by atoms with Crippen LogP contribution in [-0.2, 0) is 0 Å². The molecule has 3 aromatic heterocycles. The van der Waals surface area contributed by atoms with Gasteiger partial charge >= 0.3 is 0 Å². The molecule has 0 N–H and O–H groups in total. The van der Waals surface area contributed by atoms with Gasteiger partial charge in [0.1, 0.15) is 16.9 Å². The molecule has 0 spiro atoms. The standard InChI is InChI=1S/C21H19N3O2S2/c1-2-3-10-26-16-8-6-15(7-9-16)12-23-24-14-22-20-19(21(24)25)17(13-28-20)18-5-4-11-27-18/h4-9,11-14H,2-3,10H2,1H3/b23-12-. The average Bonchev–Trinajstić information content (AvgIpc) is 3.38. The van der Waals surface area contributed by atoms with Gasteiger partial charge in [-0.2, -0.15) is 9.78 Å². The van der Waals surface area contributed by atoms with Gasteiger partial charge in [-0.15, -0.1) is 22.7 Å². The lowest BCUT2D eigenvalue weighted by atomic mass is 10.2. The molecule has 0 fully saturated rings. The fraction of sp³-hybridized carbons (Fsp3) is 0.190. The number of benzene rings is 1. The maximum atomic E-state index is 12.9. The van der Waals surface area contributed by atoms with E-state index in [1.807, 2.05) is 47.2 Å². The number of nitrogens with zero attached hydrogens (tertiary/aromatic N) is 3. The van der Waals surface area contributed by atoms with E-state index in [9.17, 15) is 4.79 Å². The number of hydrogen-bond donors (Lipinski definition) is 0. The molecule has 0 amide bonds. The number of ether oxygens (including phenoxy) is 1. The molecule has 0 saturated heterocycles. The number of rotatable bonds is 7. The summed E-state index contributed by atoms with van der Waals surface area (Å²) in [7, 11) is 0. The molecule has 28 heavy (non-hydrogen) atoms. The molecule has 0 saturated carbocycles. The fourth-order valence-corrected chi connectivity index (χ4v) is 4.45. The van der Waals surface area contributed by atoms with Crippen LogP contribution in [0, 0.1) is 0 Å². The van der Waals surface area contributed by atoms with Gasteiger partial charge in [0.25, 0.3) is 5.56 Å². The molecule has 4 aromatic rings. The van der Waals surface area contributed by atoms with Gasteiger partial charge in [0.15, 0.2) is 0 Å². The van der Waals surface area contributed by atoms with Gasteiger partial charge in [-0.05, 0) is 47.7 Å². The molecular formula is C21H19N3O2S2. The summed E-state index contributed by atoms with van der Waals surface area (Å²) in [5.74, 6) is 0.838. The highest BCUT2D eigenvalue weighted by Crippen LogP contribution is 2.33. The van der Waals surface area contributed by atoms with Gasteiger partial charge in [-0.25, -0.2) is 4.98 Å². The minimum Gasteiger partial charge on any atom is -0.494 e. The van der Waals surface area contributed by atoms with Crippen LogP contribution in [0.2, 0.25) is 0 Å². The number of thiophene rings is 2. The first-order valence-electron chi connectivity index (χ1n) is 9.06. The summed E-state index contributed by atoms with van der Waals surface area (Å²) in [5, 5.41) is 8.92. The predicted octanol–water partition coefficient (Wildman–Crippen LogP) is 5.25. The Morgan fingerprint density at radius 3 is 2.82 bits per heavy atom. The second-order valence-corrected chi connectivity index (χ2v) is 8.02. The Kier molecular flexibility index (Phi) is 5.64. The number of aromatic nitrogens is 2. The summed E-state index contributed by atoms with van der Waals surface area (Å²) < 4.78 is 6.95. The van der Waals surface area contributed by atoms with Gasteiger partial charge in [0, 0.05) is 15.8 Å². The maximum Gasteiger partial charge on any atom is 0.283 e. The zero-order chi connectivity index (χ0) is 19.3. The monoisotopic (exact) mass is 409 g/mol. The van der Waals surface area contributed by atoms with Crippen molar-refractivity contribution in [3.8, 4) is 16.2 Å². The molecule has 3 heterocycles. The smallest absolute Gasteiger partial charge is 0.283 e. The number of hydrogen-bond acceptors (Lipinski definition) is 6. The zero-order valence-electron chi connectivity index (χ0n) is 15.4. The molecule has 0 unspecified atom stereocenters. The first-order valence-corrected chi connectivity index (χ1v) is 10.8. The van der Waals surface area contributed by atoms with Crippen molar-refractivity contribution in [2.75, 3.05) is 6.61 Å². The van der Waals surface area contributed by atoms with Crippen molar-refractivity contribution in [2.45, 2.75) is 19.8 Å². The second kappa shape index (κ2) is 8.50. The molecule has 5 nitrogen and oxygen atoms in total. The molecule has 0 atom stereocenters. The van der Waals surface area contributed by atoms with E-state index in [1.165, 1.54) is 22.3 Å². The number of unbranched alkanes of at least 4 members (excludes halogenated alkanes) is 1. The van der Waals surface area contributed by atoms with E-state index < -0.39 is 0 Å². The maximum absolute atomic E-state index is 12.9. The highest BCUT2D eigenvalue weighted by Gasteiger charge is 2.13. The van der Waals surface area contributed by atoms with Crippen LogP contribution in [0.4, 0.5) is 0 Å². The molecule has 0 bridgehead atoms. The van der Waals surface area contributed by atoms with Gasteiger partial charge in [-0.1, -0.05) is 19.4 Å². The van der Waals surface area contributed by atoms with E-state index in [-0.39, 0.29) is 5.56 Å². The molecular weight excluding hydrogens is 390 g/mol. The Morgan fingerprint density at radius 1 is 1.21 bits per heavy atom. The summed E-state index contributed by atoms with van der Waals surface area (Å²) in [5.41, 5.74) is 1.65. The van der Waals surface area contributed by atoms with Crippen molar-refractivity contribution in [1.82, 2.24) is 9.66 Å². The van der Waals surface area contributed by atoms with E-state index in [1.54, 1.807) is 17.6 Å². The van der Waals surface area contributed by atoms with Gasteiger partial charge in [-0.3, -0.25) is 4.79 Å². The summed E-state index contributed by atoms with van der Waals surface area (Å²) in [6.45, 7) is 2.86. The first kappa shape index (κ1) is 18.6. The minimum absolute atomic E-state index is 0.162. The predicted molar refractivity (Wildman–Crippen MR) is 117 cm³/mol. The van der Waals surface area contributed by atoms with Crippen LogP contribution in [0.15, 0.2) is 63.4 Å². The van der Waals surface area contributed by atoms with Gasteiger partial charge < -0.3 is 4.74 Å². The van der Waals surface area contributed by atoms with E-state index in [0.29, 0.717) is 5.39 Å². The van der Waals surface area contributed by atoms with Crippen LogP contribution < -0.4 is 10.3 Å². The summed E-state index contributed by atoms with van der Waals surface area (Å²) in [4.78, 5) is 19.1. The van der Waals surface area contributed by atoms with Crippen LogP contribution in [0.5, 0.6) is 5.75 Å². The third-order valence-electron chi connectivity index (χ3n) is 4.24. The molecule has 7 heteroatoms.